The topological polar surface area (TPSA) is 55.8 Å². The maximum absolute atomic E-state index is 10.8. The van der Waals surface area contributed by atoms with Crippen LogP contribution in [0, 0.1) is 0 Å². The summed E-state index contributed by atoms with van der Waals surface area (Å²) in [6.07, 6.45) is 0.507. The van der Waals surface area contributed by atoms with Crippen LogP contribution in [-0.2, 0) is 22.4 Å². The molecule has 1 aliphatic heterocycles. The second kappa shape index (κ2) is 4.53. The molecular formula is C12H14O4. The first-order valence-electron chi connectivity index (χ1n) is 5.21. The zero-order chi connectivity index (χ0) is 11.5. The van der Waals surface area contributed by atoms with Gasteiger partial charge >= 0.3 is 5.97 Å². The molecule has 1 aliphatic rings. The Morgan fingerprint density at radius 2 is 2.44 bits per heavy atom. The summed E-state index contributed by atoms with van der Waals surface area (Å²) in [5.41, 5.74) is 2.12. The predicted octanol–water partition coefficient (Wildman–Crippen LogP) is 1.26. The number of fused-ring (bicyclic) bond motifs is 1. The SMILES string of the molecule is COC(Cc1ccc2c(c1)CCO2)C(=O)O. The van der Waals surface area contributed by atoms with Crippen LogP contribution in [0.2, 0.25) is 0 Å². The van der Waals surface area contributed by atoms with Crippen molar-refractivity contribution in [2.24, 2.45) is 0 Å². The van der Waals surface area contributed by atoms with Crippen LogP contribution in [0.3, 0.4) is 0 Å². The number of hydrogen-bond acceptors (Lipinski definition) is 3. The van der Waals surface area contributed by atoms with Gasteiger partial charge in [-0.3, -0.25) is 0 Å². The van der Waals surface area contributed by atoms with E-state index in [2.05, 4.69) is 0 Å². The van der Waals surface area contributed by atoms with Crippen molar-refractivity contribution in [3.8, 4) is 5.75 Å². The van der Waals surface area contributed by atoms with Crippen LogP contribution < -0.4 is 4.74 Å². The summed E-state index contributed by atoms with van der Waals surface area (Å²) in [7, 11) is 1.41. The highest BCUT2D eigenvalue weighted by Gasteiger charge is 2.18. The van der Waals surface area contributed by atoms with Gasteiger partial charge in [0.2, 0.25) is 0 Å². The van der Waals surface area contributed by atoms with Gasteiger partial charge in [-0.05, 0) is 17.2 Å². The minimum atomic E-state index is -0.931. The molecule has 0 radical (unpaired) electrons. The van der Waals surface area contributed by atoms with Crippen LogP contribution in [0.4, 0.5) is 0 Å². The van der Waals surface area contributed by atoms with Gasteiger partial charge in [-0.2, -0.15) is 0 Å². The van der Waals surface area contributed by atoms with Crippen molar-refractivity contribution >= 4 is 5.97 Å². The van der Waals surface area contributed by atoms with Crippen LogP contribution in [-0.4, -0.2) is 30.9 Å². The summed E-state index contributed by atoms with van der Waals surface area (Å²) < 4.78 is 10.3. The van der Waals surface area contributed by atoms with Gasteiger partial charge in [-0.1, -0.05) is 12.1 Å². The highest BCUT2D eigenvalue weighted by molar-refractivity contribution is 5.72. The largest absolute Gasteiger partial charge is 0.493 e. The lowest BCUT2D eigenvalue weighted by atomic mass is 10.0. The average Bonchev–Trinajstić information content (AvgIpc) is 2.72. The highest BCUT2D eigenvalue weighted by atomic mass is 16.5. The fourth-order valence-electron chi connectivity index (χ4n) is 1.85. The van der Waals surface area contributed by atoms with E-state index in [1.807, 2.05) is 18.2 Å². The maximum Gasteiger partial charge on any atom is 0.333 e. The Morgan fingerprint density at radius 3 is 3.12 bits per heavy atom. The van der Waals surface area contributed by atoms with E-state index in [0.29, 0.717) is 13.0 Å². The number of aliphatic carboxylic acids is 1. The van der Waals surface area contributed by atoms with Gasteiger partial charge in [-0.15, -0.1) is 0 Å². The number of carbonyl (C=O) groups is 1. The third-order valence-corrected chi connectivity index (χ3v) is 2.73. The van der Waals surface area contributed by atoms with E-state index in [-0.39, 0.29) is 0 Å². The van der Waals surface area contributed by atoms with Gasteiger partial charge in [0.15, 0.2) is 6.10 Å². The maximum atomic E-state index is 10.8. The summed E-state index contributed by atoms with van der Waals surface area (Å²) in [6, 6.07) is 5.78. The van der Waals surface area contributed by atoms with Crippen molar-refractivity contribution in [3.63, 3.8) is 0 Å². The second-order valence-electron chi connectivity index (χ2n) is 3.81. The molecule has 1 aromatic rings. The van der Waals surface area contributed by atoms with E-state index >= 15 is 0 Å². The van der Waals surface area contributed by atoms with E-state index in [4.69, 9.17) is 14.6 Å². The summed E-state index contributed by atoms with van der Waals surface area (Å²) in [5.74, 6) is -0.0210. The third kappa shape index (κ3) is 2.17. The number of carboxylic acids is 1. The Labute approximate surface area is 93.8 Å². The van der Waals surface area contributed by atoms with Crippen LogP contribution in [0.15, 0.2) is 18.2 Å². The Balaban J connectivity index is 2.13. The number of benzene rings is 1. The number of ether oxygens (including phenoxy) is 2. The quantitative estimate of drug-likeness (QED) is 0.833. The zero-order valence-corrected chi connectivity index (χ0v) is 9.10. The molecule has 1 unspecified atom stereocenters. The molecule has 2 rings (SSSR count). The van der Waals surface area contributed by atoms with Crippen molar-refractivity contribution in [2.45, 2.75) is 18.9 Å². The summed E-state index contributed by atoms with van der Waals surface area (Å²) in [6.45, 7) is 0.714. The lowest BCUT2D eigenvalue weighted by molar-refractivity contribution is -0.148. The molecule has 0 saturated heterocycles. The fraction of sp³-hybridized carbons (Fsp3) is 0.417. The molecule has 0 aromatic heterocycles. The molecule has 86 valence electrons. The average molecular weight is 222 g/mol. The number of carboxylic acid groups (broad SMARTS) is 1. The molecule has 16 heavy (non-hydrogen) atoms. The molecule has 4 heteroatoms. The van der Waals surface area contributed by atoms with Gasteiger partial charge < -0.3 is 14.6 Å². The number of rotatable bonds is 4. The molecule has 0 aliphatic carbocycles. The standard InChI is InChI=1S/C12H14O4/c1-15-11(12(13)14)7-8-2-3-10-9(6-8)4-5-16-10/h2-3,6,11H,4-5,7H2,1H3,(H,13,14). The smallest absolute Gasteiger partial charge is 0.333 e. The Morgan fingerprint density at radius 1 is 1.62 bits per heavy atom. The first-order valence-corrected chi connectivity index (χ1v) is 5.21. The molecular weight excluding hydrogens is 208 g/mol. The lowest BCUT2D eigenvalue weighted by Gasteiger charge is -2.10. The van der Waals surface area contributed by atoms with E-state index in [1.165, 1.54) is 7.11 Å². The van der Waals surface area contributed by atoms with E-state index in [1.54, 1.807) is 0 Å². The highest BCUT2D eigenvalue weighted by Crippen LogP contribution is 2.26. The van der Waals surface area contributed by atoms with Gasteiger partial charge in [0, 0.05) is 20.0 Å². The van der Waals surface area contributed by atoms with Crippen LogP contribution >= 0.6 is 0 Å². The normalized spacial score (nSPS) is 15.3. The van der Waals surface area contributed by atoms with E-state index in [9.17, 15) is 4.79 Å². The molecule has 0 spiro atoms. The van der Waals surface area contributed by atoms with Crippen molar-refractivity contribution in [1.29, 1.82) is 0 Å². The first kappa shape index (κ1) is 11.0. The van der Waals surface area contributed by atoms with Gasteiger partial charge in [0.05, 0.1) is 6.61 Å². The van der Waals surface area contributed by atoms with E-state index in [0.717, 1.165) is 23.3 Å². The molecule has 4 nitrogen and oxygen atoms in total. The Hall–Kier alpha value is -1.55. The third-order valence-electron chi connectivity index (χ3n) is 2.73. The molecule has 1 N–H and O–H groups in total. The van der Waals surface area contributed by atoms with Crippen LogP contribution in [0.1, 0.15) is 11.1 Å². The fourth-order valence-corrected chi connectivity index (χ4v) is 1.85. The minimum Gasteiger partial charge on any atom is -0.493 e. The van der Waals surface area contributed by atoms with Crippen molar-refractivity contribution in [2.75, 3.05) is 13.7 Å². The lowest BCUT2D eigenvalue weighted by Crippen LogP contribution is -2.24. The Bertz CT molecular complexity index is 400. The second-order valence-corrected chi connectivity index (χ2v) is 3.81. The molecule has 0 fully saturated rings. The summed E-state index contributed by atoms with van der Waals surface area (Å²) in [5, 5.41) is 8.88. The summed E-state index contributed by atoms with van der Waals surface area (Å²) in [4.78, 5) is 10.8. The van der Waals surface area contributed by atoms with Gasteiger partial charge in [-0.25, -0.2) is 4.79 Å². The number of hydrogen-bond donors (Lipinski definition) is 1. The van der Waals surface area contributed by atoms with Crippen LogP contribution in [0.5, 0.6) is 5.75 Å². The van der Waals surface area contributed by atoms with Crippen molar-refractivity contribution < 1.29 is 19.4 Å². The predicted molar refractivity (Wildman–Crippen MR) is 57.8 cm³/mol. The monoisotopic (exact) mass is 222 g/mol. The van der Waals surface area contributed by atoms with Crippen LogP contribution in [0.25, 0.3) is 0 Å². The van der Waals surface area contributed by atoms with Crippen molar-refractivity contribution in [1.82, 2.24) is 0 Å². The number of methoxy groups -OCH3 is 1. The van der Waals surface area contributed by atoms with Gasteiger partial charge in [0.1, 0.15) is 5.75 Å². The molecule has 1 heterocycles. The summed E-state index contributed by atoms with van der Waals surface area (Å²) >= 11 is 0. The van der Waals surface area contributed by atoms with Crippen molar-refractivity contribution in [3.05, 3.63) is 29.3 Å². The molecule has 0 saturated carbocycles. The zero-order valence-electron chi connectivity index (χ0n) is 9.10. The molecule has 0 bridgehead atoms. The van der Waals surface area contributed by atoms with Gasteiger partial charge in [0.25, 0.3) is 0 Å². The minimum absolute atomic E-state index is 0.388. The van der Waals surface area contributed by atoms with E-state index < -0.39 is 12.1 Å². The molecule has 0 amide bonds. The first-order chi connectivity index (χ1) is 7.70. The Kier molecular flexibility index (Phi) is 3.10. The molecule has 1 aromatic carbocycles. The molecule has 1 atom stereocenters.